The van der Waals surface area contributed by atoms with Crippen LogP contribution < -0.4 is 0 Å². The maximum Gasteiger partial charge on any atom is 0.311 e. The molecule has 0 spiro atoms. The van der Waals surface area contributed by atoms with E-state index in [1.807, 2.05) is 6.08 Å². The third kappa shape index (κ3) is 2.76. The number of esters is 1. The van der Waals surface area contributed by atoms with Crippen molar-refractivity contribution in [3.63, 3.8) is 0 Å². The van der Waals surface area contributed by atoms with Crippen LogP contribution in [0.4, 0.5) is 0 Å². The number of hydrogen-bond acceptors (Lipinski definition) is 3. The Kier molecular flexibility index (Phi) is 4.86. The summed E-state index contributed by atoms with van der Waals surface area (Å²) in [7, 11) is 1.49. The highest BCUT2D eigenvalue weighted by molar-refractivity contribution is 5.77. The Hall–Kier alpha value is -1.09. The van der Waals surface area contributed by atoms with E-state index >= 15 is 0 Å². The quantitative estimate of drug-likeness (QED) is 0.636. The normalized spacial score (nSPS) is 40.3. The van der Waals surface area contributed by atoms with Gasteiger partial charge in [0.1, 0.15) is 0 Å². The summed E-state index contributed by atoms with van der Waals surface area (Å²) >= 11 is 0. The van der Waals surface area contributed by atoms with Gasteiger partial charge < -0.3 is 9.84 Å². The predicted molar refractivity (Wildman–Crippen MR) is 88.3 cm³/mol. The van der Waals surface area contributed by atoms with E-state index in [1.54, 1.807) is 6.92 Å². The summed E-state index contributed by atoms with van der Waals surface area (Å²) in [6.07, 6.45) is 8.49. The fourth-order valence-electron chi connectivity index (χ4n) is 4.99. The third-order valence-electron chi connectivity index (χ3n) is 6.11. The fourth-order valence-corrected chi connectivity index (χ4v) is 4.99. The minimum absolute atomic E-state index is 0.0158. The van der Waals surface area contributed by atoms with Crippen molar-refractivity contribution in [2.45, 2.75) is 59.0 Å². The molecule has 0 heterocycles. The first-order chi connectivity index (χ1) is 10.3. The molecule has 22 heavy (non-hydrogen) atoms. The Bertz CT molecular complexity index is 479. The van der Waals surface area contributed by atoms with E-state index in [-0.39, 0.29) is 17.3 Å². The van der Waals surface area contributed by atoms with E-state index in [0.717, 1.165) is 32.1 Å². The van der Waals surface area contributed by atoms with Crippen molar-refractivity contribution in [3.8, 4) is 0 Å². The molecule has 0 aromatic rings. The van der Waals surface area contributed by atoms with Gasteiger partial charge in [-0.15, -0.1) is 0 Å². The van der Waals surface area contributed by atoms with Gasteiger partial charge in [-0.1, -0.05) is 37.6 Å². The molecule has 2 rings (SSSR count). The number of aliphatic hydroxyl groups is 1. The molecule has 2 aliphatic rings. The smallest absolute Gasteiger partial charge is 0.311 e. The lowest BCUT2D eigenvalue weighted by molar-refractivity contribution is -0.166. The first-order valence-corrected chi connectivity index (χ1v) is 8.38. The zero-order valence-electron chi connectivity index (χ0n) is 14.4. The molecule has 2 aliphatic carbocycles. The van der Waals surface area contributed by atoms with Crippen LogP contribution in [0.2, 0.25) is 0 Å². The molecule has 5 atom stereocenters. The van der Waals surface area contributed by atoms with Gasteiger partial charge in [0.2, 0.25) is 0 Å². The van der Waals surface area contributed by atoms with Gasteiger partial charge in [0, 0.05) is 5.92 Å². The standard InChI is InChI=1S/C19H30O3/c1-13-7-10-16-18(3,15(13)9-8-14(2)20)11-6-12-19(16,4)17(21)22-5/h8-9,14-16,20H,1,6-7,10-12H2,2-5H3/b9-8+/t14?,15-,16+,18+,19-/m0/s1. The molecule has 0 radical (unpaired) electrons. The predicted octanol–water partition coefficient (Wildman–Crippen LogP) is 3.88. The van der Waals surface area contributed by atoms with Crippen molar-refractivity contribution >= 4 is 5.97 Å². The Morgan fingerprint density at radius 3 is 2.73 bits per heavy atom. The molecule has 0 saturated heterocycles. The number of aliphatic hydroxyl groups excluding tert-OH is 1. The van der Waals surface area contributed by atoms with Gasteiger partial charge in [-0.3, -0.25) is 4.79 Å². The summed E-state index contributed by atoms with van der Waals surface area (Å²) in [4.78, 5) is 12.4. The third-order valence-corrected chi connectivity index (χ3v) is 6.11. The number of hydrogen-bond donors (Lipinski definition) is 1. The molecular weight excluding hydrogens is 276 g/mol. The molecule has 1 unspecified atom stereocenters. The number of rotatable bonds is 3. The van der Waals surface area contributed by atoms with E-state index < -0.39 is 11.5 Å². The largest absolute Gasteiger partial charge is 0.469 e. The highest BCUT2D eigenvalue weighted by Gasteiger charge is 2.57. The minimum atomic E-state index is -0.452. The van der Waals surface area contributed by atoms with Crippen LogP contribution in [0.1, 0.15) is 52.9 Å². The first-order valence-electron chi connectivity index (χ1n) is 8.38. The van der Waals surface area contributed by atoms with Gasteiger partial charge >= 0.3 is 5.97 Å². The van der Waals surface area contributed by atoms with E-state index in [1.165, 1.54) is 12.7 Å². The number of methoxy groups -OCH3 is 1. The second-order valence-corrected chi connectivity index (χ2v) is 7.62. The molecule has 2 saturated carbocycles. The zero-order valence-corrected chi connectivity index (χ0v) is 14.4. The first kappa shape index (κ1) is 17.3. The van der Waals surface area contributed by atoms with Crippen molar-refractivity contribution < 1.29 is 14.6 Å². The molecule has 0 aromatic heterocycles. The molecular formula is C19H30O3. The van der Waals surface area contributed by atoms with Crippen LogP contribution >= 0.6 is 0 Å². The van der Waals surface area contributed by atoms with Gasteiger partial charge in [0.05, 0.1) is 18.6 Å². The Labute approximate surface area is 134 Å². The van der Waals surface area contributed by atoms with Crippen molar-refractivity contribution in [2.24, 2.45) is 22.7 Å². The van der Waals surface area contributed by atoms with E-state index in [2.05, 4.69) is 26.5 Å². The number of fused-ring (bicyclic) bond motifs is 1. The van der Waals surface area contributed by atoms with Crippen LogP contribution in [0, 0.1) is 22.7 Å². The van der Waals surface area contributed by atoms with Gasteiger partial charge in [-0.2, -0.15) is 0 Å². The van der Waals surface area contributed by atoms with Gasteiger partial charge in [-0.25, -0.2) is 0 Å². The van der Waals surface area contributed by atoms with Crippen LogP contribution in [0.3, 0.4) is 0 Å². The fraction of sp³-hybridized carbons (Fsp3) is 0.737. The van der Waals surface area contributed by atoms with Crippen LogP contribution in [0.15, 0.2) is 24.3 Å². The van der Waals surface area contributed by atoms with Crippen LogP contribution in [0.25, 0.3) is 0 Å². The lowest BCUT2D eigenvalue weighted by atomic mass is 9.47. The summed E-state index contributed by atoms with van der Waals surface area (Å²) < 4.78 is 5.13. The molecule has 3 nitrogen and oxygen atoms in total. The molecule has 124 valence electrons. The second kappa shape index (κ2) is 6.19. The van der Waals surface area contributed by atoms with Gasteiger partial charge in [0.25, 0.3) is 0 Å². The van der Waals surface area contributed by atoms with Crippen molar-refractivity contribution in [3.05, 3.63) is 24.3 Å². The highest BCUT2D eigenvalue weighted by Crippen LogP contribution is 2.61. The summed E-state index contributed by atoms with van der Waals surface area (Å²) in [6.45, 7) is 10.4. The number of carbonyl (C=O) groups excluding carboxylic acids is 1. The molecule has 2 fully saturated rings. The van der Waals surface area contributed by atoms with Gasteiger partial charge in [-0.05, 0) is 50.9 Å². The van der Waals surface area contributed by atoms with Crippen molar-refractivity contribution in [1.29, 1.82) is 0 Å². The maximum absolute atomic E-state index is 12.4. The van der Waals surface area contributed by atoms with E-state index in [0.29, 0.717) is 5.92 Å². The molecule has 0 aliphatic heterocycles. The maximum atomic E-state index is 12.4. The molecule has 0 aromatic carbocycles. The van der Waals surface area contributed by atoms with Crippen LogP contribution in [0.5, 0.6) is 0 Å². The monoisotopic (exact) mass is 306 g/mol. The average Bonchev–Trinajstić information content (AvgIpc) is 2.44. The molecule has 3 heteroatoms. The lowest BCUT2D eigenvalue weighted by Crippen LogP contribution is -2.53. The summed E-state index contributed by atoms with van der Waals surface area (Å²) in [5.74, 6) is 0.453. The van der Waals surface area contributed by atoms with Crippen molar-refractivity contribution in [2.75, 3.05) is 7.11 Å². The van der Waals surface area contributed by atoms with Gasteiger partial charge in [0.15, 0.2) is 0 Å². The summed E-state index contributed by atoms with van der Waals surface area (Å²) in [5.41, 5.74) is 0.839. The van der Waals surface area contributed by atoms with Crippen LogP contribution in [-0.4, -0.2) is 24.3 Å². The number of ether oxygens (including phenoxy) is 1. The van der Waals surface area contributed by atoms with E-state index in [9.17, 15) is 9.90 Å². The molecule has 1 N–H and O–H groups in total. The SMILES string of the molecule is C=C1CC[C@@H]2[C@](C)(CCC[C@]2(C)C(=O)OC)[C@H]1/C=C/C(C)O. The number of carbonyl (C=O) groups is 1. The van der Waals surface area contributed by atoms with Crippen LogP contribution in [-0.2, 0) is 9.53 Å². The van der Waals surface area contributed by atoms with E-state index in [4.69, 9.17) is 4.74 Å². The Balaban J connectivity index is 2.39. The average molecular weight is 306 g/mol. The Morgan fingerprint density at radius 1 is 1.45 bits per heavy atom. The lowest BCUT2D eigenvalue weighted by Gasteiger charge is -2.57. The Morgan fingerprint density at radius 2 is 2.14 bits per heavy atom. The minimum Gasteiger partial charge on any atom is -0.469 e. The molecule has 0 bridgehead atoms. The summed E-state index contributed by atoms with van der Waals surface area (Å²) in [5, 5.41) is 9.59. The molecule has 0 amide bonds. The second-order valence-electron chi connectivity index (χ2n) is 7.62. The summed E-state index contributed by atoms with van der Waals surface area (Å²) in [6, 6.07) is 0. The highest BCUT2D eigenvalue weighted by atomic mass is 16.5. The van der Waals surface area contributed by atoms with Crippen molar-refractivity contribution in [1.82, 2.24) is 0 Å². The topological polar surface area (TPSA) is 46.5 Å². The zero-order chi connectivity index (χ0) is 16.5. The number of allylic oxidation sites excluding steroid dienone is 2.